The molecule has 1 amide bonds. The highest BCUT2D eigenvalue weighted by molar-refractivity contribution is 6.91. The van der Waals surface area contributed by atoms with Crippen LogP contribution in [0.4, 0.5) is 4.79 Å². The van der Waals surface area contributed by atoms with Gasteiger partial charge in [-0.05, 0) is 33.6 Å². The van der Waals surface area contributed by atoms with E-state index in [0.717, 1.165) is 12.8 Å². The molecule has 0 fully saturated rings. The molecule has 0 saturated heterocycles. The van der Waals surface area contributed by atoms with Crippen LogP contribution in [0.5, 0.6) is 0 Å². The second kappa shape index (κ2) is 18.2. The number of unbranched alkanes of at least 4 members (excludes halogenated alkanes) is 11. The van der Waals surface area contributed by atoms with Crippen molar-refractivity contribution in [1.29, 1.82) is 0 Å². The summed E-state index contributed by atoms with van der Waals surface area (Å²) in [5.41, 5.74) is -0.838. The molecule has 0 saturated carbocycles. The van der Waals surface area contributed by atoms with Gasteiger partial charge in [0.25, 0.3) is 0 Å². The number of carbonyl (C=O) groups is 2. The summed E-state index contributed by atoms with van der Waals surface area (Å²) in [6.07, 6.45) is 19.2. The average molecular weight is 546 g/mol. The van der Waals surface area contributed by atoms with Crippen LogP contribution >= 0.6 is 0 Å². The summed E-state index contributed by atoms with van der Waals surface area (Å²) >= 11 is 0. The molecule has 1 aromatic carbocycles. The highest BCUT2D eigenvalue weighted by Gasteiger charge is 2.42. The van der Waals surface area contributed by atoms with Crippen LogP contribution in [-0.2, 0) is 14.3 Å². The van der Waals surface area contributed by atoms with E-state index < -0.39 is 31.8 Å². The highest BCUT2D eigenvalue weighted by Crippen LogP contribution is 2.29. The zero-order valence-electron chi connectivity index (χ0n) is 25.3. The Balaban J connectivity index is 2.80. The third-order valence-electron chi connectivity index (χ3n) is 7.16. The molecule has 0 heterocycles. The number of hydrogen-bond acceptors (Lipinski definition) is 4. The Kier molecular flexibility index (Phi) is 16.3. The fourth-order valence-corrected chi connectivity index (χ4v) is 7.96. The molecule has 6 heteroatoms. The van der Waals surface area contributed by atoms with Gasteiger partial charge in [-0.2, -0.15) is 0 Å². The fraction of sp³-hybridized carbons (Fsp3) is 0.688. The maximum Gasteiger partial charge on any atom is 0.408 e. The van der Waals surface area contributed by atoms with Crippen LogP contribution in [0.3, 0.4) is 0 Å². The van der Waals surface area contributed by atoms with E-state index in [4.69, 9.17) is 9.47 Å². The normalized spacial score (nSPS) is 13.8. The Labute approximate surface area is 234 Å². The van der Waals surface area contributed by atoms with Crippen molar-refractivity contribution in [3.05, 3.63) is 42.5 Å². The van der Waals surface area contributed by atoms with E-state index in [1.54, 1.807) is 0 Å². The zero-order chi connectivity index (χ0) is 28.4. The van der Waals surface area contributed by atoms with Gasteiger partial charge in [0.05, 0.1) is 15.2 Å². The smallest absolute Gasteiger partial charge is 0.408 e. The maximum atomic E-state index is 13.0. The molecule has 2 atom stereocenters. The Morgan fingerprint density at radius 2 is 1.42 bits per heavy atom. The van der Waals surface area contributed by atoms with Crippen molar-refractivity contribution in [2.45, 2.75) is 135 Å². The summed E-state index contributed by atoms with van der Waals surface area (Å²) < 4.78 is 10.6. The van der Waals surface area contributed by atoms with E-state index in [-0.39, 0.29) is 5.54 Å². The van der Waals surface area contributed by atoms with E-state index in [9.17, 15) is 9.59 Å². The van der Waals surface area contributed by atoms with Gasteiger partial charge >= 0.3 is 12.1 Å². The Morgan fingerprint density at radius 1 is 0.895 bits per heavy atom. The lowest BCUT2D eigenvalue weighted by Gasteiger charge is -2.36. The molecule has 0 aromatic heterocycles. The van der Waals surface area contributed by atoms with Gasteiger partial charge in [-0.15, -0.1) is 0 Å². The summed E-state index contributed by atoms with van der Waals surface area (Å²) in [4.78, 5) is 25.7. The second-order valence-corrected chi connectivity index (χ2v) is 16.7. The third-order valence-corrected chi connectivity index (χ3v) is 11.2. The van der Waals surface area contributed by atoms with Crippen molar-refractivity contribution in [3.8, 4) is 0 Å². The first-order valence-electron chi connectivity index (χ1n) is 14.8. The first-order chi connectivity index (χ1) is 18.0. The van der Waals surface area contributed by atoms with Crippen LogP contribution < -0.4 is 10.5 Å². The number of ether oxygens (including phenoxy) is 2. The summed E-state index contributed by atoms with van der Waals surface area (Å²) in [6, 6.07) is 9.50. The number of esters is 1. The second-order valence-electron chi connectivity index (χ2n) is 12.0. The molecular formula is C32H55NO4Si. The zero-order valence-corrected chi connectivity index (χ0v) is 26.3. The predicted molar refractivity (Wildman–Crippen MR) is 163 cm³/mol. The molecule has 1 rings (SSSR count). The van der Waals surface area contributed by atoms with Crippen LogP contribution in [0, 0.1) is 0 Å². The molecule has 1 aromatic rings. The first-order valence-corrected chi connectivity index (χ1v) is 17.9. The van der Waals surface area contributed by atoms with Crippen LogP contribution in [0.25, 0.3) is 0 Å². The predicted octanol–water partition coefficient (Wildman–Crippen LogP) is 8.30. The van der Waals surface area contributed by atoms with E-state index in [1.165, 1.54) is 76.5 Å². The molecule has 0 aliphatic carbocycles. The first kappa shape index (κ1) is 33.9. The summed E-state index contributed by atoms with van der Waals surface area (Å²) in [5, 5.41) is 4.07. The van der Waals surface area contributed by atoms with Crippen molar-refractivity contribution >= 4 is 25.3 Å². The monoisotopic (exact) mass is 545 g/mol. The fourth-order valence-electron chi connectivity index (χ4n) is 4.85. The van der Waals surface area contributed by atoms with Crippen molar-refractivity contribution in [3.63, 3.8) is 0 Å². The molecule has 0 radical (unpaired) electrons. The minimum absolute atomic E-state index is 0.183. The molecule has 0 aliphatic heterocycles. The SMILES string of the molecule is CCCCCCCCCCCCC/C=C/[C@@H]([C@@H](NC(=O)OC(C)(C)C)C(=O)OC)[Si](C)(C)c1ccccc1. The number of nitrogens with one attached hydrogen (secondary N) is 1. The standard InChI is InChI=1S/C32H55NO4Si/c1-8-9-10-11-12-13-14-15-16-17-18-19-23-26-28(38(6,7)27-24-21-20-22-25-27)29(30(34)36-5)33-31(35)37-32(2,3)4/h20-26,28-29H,8-19H2,1-7H3,(H,33,35)/b26-23+/t28-,29+/m0/s1. The molecule has 0 aliphatic rings. The van der Waals surface area contributed by atoms with Gasteiger partial charge in [-0.3, -0.25) is 0 Å². The molecule has 5 nitrogen and oxygen atoms in total. The molecule has 1 N–H and O–H groups in total. The van der Waals surface area contributed by atoms with Crippen LogP contribution in [0.1, 0.15) is 105 Å². The van der Waals surface area contributed by atoms with Gasteiger partial charge in [-0.25, -0.2) is 9.59 Å². The number of benzene rings is 1. The minimum Gasteiger partial charge on any atom is -0.467 e. The molecular weight excluding hydrogens is 490 g/mol. The van der Waals surface area contributed by atoms with Crippen molar-refractivity contribution in [2.75, 3.05) is 7.11 Å². The number of amides is 1. The Hall–Kier alpha value is -2.08. The molecule has 216 valence electrons. The lowest BCUT2D eigenvalue weighted by Crippen LogP contribution is -2.56. The van der Waals surface area contributed by atoms with E-state index in [1.807, 2.05) is 39.0 Å². The number of rotatable bonds is 18. The van der Waals surface area contributed by atoms with Gasteiger partial charge in [0.1, 0.15) is 11.6 Å². The van der Waals surface area contributed by atoms with E-state index in [2.05, 4.69) is 49.6 Å². The van der Waals surface area contributed by atoms with Crippen molar-refractivity contribution < 1.29 is 19.1 Å². The van der Waals surface area contributed by atoms with Gasteiger partial charge in [-0.1, -0.05) is 132 Å². The largest absolute Gasteiger partial charge is 0.467 e. The molecule has 38 heavy (non-hydrogen) atoms. The average Bonchev–Trinajstić information content (AvgIpc) is 2.86. The van der Waals surface area contributed by atoms with Gasteiger partial charge in [0.2, 0.25) is 0 Å². The molecule has 0 spiro atoms. The van der Waals surface area contributed by atoms with Gasteiger partial charge in [0.15, 0.2) is 0 Å². The lowest BCUT2D eigenvalue weighted by atomic mass is 10.0. The molecule has 0 bridgehead atoms. The van der Waals surface area contributed by atoms with Crippen molar-refractivity contribution in [2.24, 2.45) is 0 Å². The quantitative estimate of drug-likeness (QED) is 0.0872. The lowest BCUT2D eigenvalue weighted by molar-refractivity contribution is -0.143. The van der Waals surface area contributed by atoms with Crippen molar-refractivity contribution in [1.82, 2.24) is 5.32 Å². The van der Waals surface area contributed by atoms with Crippen LogP contribution in [0.15, 0.2) is 42.5 Å². The number of allylic oxidation sites excluding steroid dienone is 1. The van der Waals surface area contributed by atoms with E-state index in [0.29, 0.717) is 0 Å². The molecule has 0 unspecified atom stereocenters. The maximum absolute atomic E-state index is 13.0. The van der Waals surface area contributed by atoms with Crippen LogP contribution in [0.2, 0.25) is 18.6 Å². The van der Waals surface area contributed by atoms with Gasteiger partial charge in [0, 0.05) is 5.54 Å². The number of carbonyl (C=O) groups excluding carboxylic acids is 2. The topological polar surface area (TPSA) is 64.6 Å². The summed E-state index contributed by atoms with van der Waals surface area (Å²) in [7, 11) is -0.867. The minimum atomic E-state index is -2.24. The third kappa shape index (κ3) is 13.6. The Morgan fingerprint density at radius 3 is 1.92 bits per heavy atom. The number of hydrogen-bond donors (Lipinski definition) is 1. The highest BCUT2D eigenvalue weighted by atomic mass is 28.3. The Bertz CT molecular complexity index is 816. The summed E-state index contributed by atoms with van der Waals surface area (Å²) in [5.74, 6) is -0.447. The van der Waals surface area contributed by atoms with Gasteiger partial charge < -0.3 is 14.8 Å². The van der Waals surface area contributed by atoms with Crippen LogP contribution in [-0.4, -0.2) is 38.9 Å². The van der Waals surface area contributed by atoms with E-state index >= 15 is 0 Å². The summed E-state index contributed by atoms with van der Waals surface area (Å²) in [6.45, 7) is 12.2. The number of alkyl carbamates (subject to hydrolysis) is 1. The number of methoxy groups -OCH3 is 1.